The van der Waals surface area contributed by atoms with Crippen molar-refractivity contribution in [2.45, 2.75) is 39.7 Å². The summed E-state index contributed by atoms with van der Waals surface area (Å²) in [5.74, 6) is 0.910. The highest BCUT2D eigenvalue weighted by Gasteiger charge is 2.18. The Balaban J connectivity index is 1.69. The van der Waals surface area contributed by atoms with E-state index in [9.17, 15) is 4.79 Å². The molecule has 0 spiro atoms. The summed E-state index contributed by atoms with van der Waals surface area (Å²) in [6.45, 7) is 10.1. The first-order chi connectivity index (χ1) is 14.0. The average molecular weight is 396 g/mol. The zero-order chi connectivity index (χ0) is 20.8. The van der Waals surface area contributed by atoms with Crippen molar-refractivity contribution in [2.75, 3.05) is 24.6 Å². The molecular formula is C22H29N5O2. The predicted molar refractivity (Wildman–Crippen MR) is 115 cm³/mol. The molecule has 0 atom stereocenters. The number of nitrogens with two attached hydrogens (primary N) is 1. The van der Waals surface area contributed by atoms with Crippen molar-refractivity contribution in [3.8, 4) is 0 Å². The Kier molecular flexibility index (Phi) is 6.69. The maximum Gasteiger partial charge on any atom is 0.204 e. The van der Waals surface area contributed by atoms with Crippen LogP contribution in [0.2, 0.25) is 0 Å². The van der Waals surface area contributed by atoms with Crippen LogP contribution in [0.25, 0.3) is 0 Å². The van der Waals surface area contributed by atoms with Gasteiger partial charge in [0.1, 0.15) is 5.82 Å². The van der Waals surface area contributed by atoms with Gasteiger partial charge in [0.15, 0.2) is 12.4 Å². The molecule has 1 aliphatic heterocycles. The van der Waals surface area contributed by atoms with Crippen molar-refractivity contribution in [1.29, 1.82) is 0 Å². The minimum atomic E-state index is -0.168. The van der Waals surface area contributed by atoms with Gasteiger partial charge in [-0.25, -0.2) is 4.98 Å². The molecule has 154 valence electrons. The van der Waals surface area contributed by atoms with Gasteiger partial charge in [0, 0.05) is 42.8 Å². The van der Waals surface area contributed by atoms with Crippen LogP contribution in [0.5, 0.6) is 0 Å². The van der Waals surface area contributed by atoms with Crippen molar-refractivity contribution in [3.05, 3.63) is 59.6 Å². The van der Waals surface area contributed by atoms with Gasteiger partial charge >= 0.3 is 0 Å². The molecule has 1 saturated heterocycles. The van der Waals surface area contributed by atoms with Gasteiger partial charge in [-0.15, -0.1) is 6.58 Å². The highest BCUT2D eigenvalue weighted by Crippen LogP contribution is 2.21. The summed E-state index contributed by atoms with van der Waals surface area (Å²) < 4.78 is 2.04. The van der Waals surface area contributed by atoms with Gasteiger partial charge in [0.05, 0.1) is 5.56 Å². The molecule has 29 heavy (non-hydrogen) atoms. The summed E-state index contributed by atoms with van der Waals surface area (Å²) in [6, 6.07) is 5.57. The number of piperidine rings is 1. The third kappa shape index (κ3) is 4.67. The van der Waals surface area contributed by atoms with E-state index >= 15 is 0 Å². The summed E-state index contributed by atoms with van der Waals surface area (Å²) in [5.41, 5.74) is 9.42. The lowest BCUT2D eigenvalue weighted by atomic mass is 10.1. The number of aryl methyl sites for hydroxylation is 1. The summed E-state index contributed by atoms with van der Waals surface area (Å²) in [5, 5.41) is 3.99. The monoisotopic (exact) mass is 395 g/mol. The number of allylic oxidation sites excluding steroid dienone is 1. The molecule has 0 saturated carbocycles. The molecule has 0 aromatic carbocycles. The lowest BCUT2D eigenvalue weighted by molar-refractivity contribution is 0.0775. The van der Waals surface area contributed by atoms with Gasteiger partial charge in [-0.3, -0.25) is 4.79 Å². The Morgan fingerprint density at radius 3 is 2.79 bits per heavy atom. The fourth-order valence-electron chi connectivity index (χ4n) is 3.74. The van der Waals surface area contributed by atoms with Crippen molar-refractivity contribution >= 4 is 17.4 Å². The molecule has 0 bridgehead atoms. The number of pyridine rings is 1. The Morgan fingerprint density at radius 1 is 1.31 bits per heavy atom. The molecule has 3 rings (SSSR count). The maximum absolute atomic E-state index is 12.6. The molecule has 0 radical (unpaired) electrons. The quantitative estimate of drug-likeness (QED) is 0.244. The zero-order valence-corrected chi connectivity index (χ0v) is 17.2. The van der Waals surface area contributed by atoms with E-state index in [2.05, 4.69) is 21.6 Å². The molecular weight excluding hydrogens is 366 g/mol. The first-order valence-electron chi connectivity index (χ1n) is 9.99. The van der Waals surface area contributed by atoms with Crippen LogP contribution in [-0.4, -0.2) is 40.9 Å². The number of hydrogen-bond acceptors (Lipinski definition) is 5. The van der Waals surface area contributed by atoms with Crippen LogP contribution < -0.4 is 10.6 Å². The van der Waals surface area contributed by atoms with Crippen LogP contribution >= 0.6 is 0 Å². The molecule has 1 aliphatic rings. The first kappa shape index (κ1) is 20.6. The van der Waals surface area contributed by atoms with Crippen LogP contribution in [0.3, 0.4) is 0 Å². The van der Waals surface area contributed by atoms with Crippen LogP contribution in [0, 0.1) is 13.8 Å². The molecule has 3 heterocycles. The number of Topliss-reactive ketones (excluding diaryl/α,β-unsaturated/α-hetero) is 1. The van der Waals surface area contributed by atoms with Gasteiger partial charge in [-0.05, 0) is 51.3 Å². The molecule has 2 aromatic heterocycles. The summed E-state index contributed by atoms with van der Waals surface area (Å²) in [4.78, 5) is 24.6. The molecule has 0 unspecified atom stereocenters. The second-order valence-electron chi connectivity index (χ2n) is 7.28. The van der Waals surface area contributed by atoms with Gasteiger partial charge in [0.25, 0.3) is 0 Å². The molecule has 7 heteroatoms. The van der Waals surface area contributed by atoms with Crippen molar-refractivity contribution in [3.63, 3.8) is 0 Å². The van der Waals surface area contributed by atoms with Crippen LogP contribution in [0.4, 0.5) is 5.82 Å². The highest BCUT2D eigenvalue weighted by atomic mass is 16.6. The Morgan fingerprint density at radius 2 is 2.07 bits per heavy atom. The molecule has 0 amide bonds. The number of amidine groups is 1. The minimum absolute atomic E-state index is 0.132. The SMILES string of the molecule is C=CCn1c(C)cc(C(=O)CO/N=C(/N)c2cccnc2N2CCCCC2)c1C. The van der Waals surface area contributed by atoms with E-state index in [0.29, 0.717) is 12.1 Å². The second-order valence-corrected chi connectivity index (χ2v) is 7.28. The maximum atomic E-state index is 12.6. The average Bonchev–Trinajstić information content (AvgIpc) is 3.03. The number of anilines is 1. The van der Waals surface area contributed by atoms with E-state index in [1.807, 2.05) is 42.7 Å². The van der Waals surface area contributed by atoms with Crippen LogP contribution in [0.1, 0.15) is 46.6 Å². The lowest BCUT2D eigenvalue weighted by Crippen LogP contribution is -2.32. The molecule has 7 nitrogen and oxygen atoms in total. The fourth-order valence-corrected chi connectivity index (χ4v) is 3.74. The third-order valence-electron chi connectivity index (χ3n) is 5.26. The van der Waals surface area contributed by atoms with Crippen LogP contribution in [-0.2, 0) is 11.4 Å². The van der Waals surface area contributed by atoms with Gasteiger partial charge in [0.2, 0.25) is 5.78 Å². The topological polar surface area (TPSA) is 85.7 Å². The van der Waals surface area contributed by atoms with Gasteiger partial charge in [-0.2, -0.15) is 0 Å². The van der Waals surface area contributed by atoms with E-state index in [4.69, 9.17) is 10.6 Å². The van der Waals surface area contributed by atoms with E-state index in [0.717, 1.165) is 48.7 Å². The number of nitrogens with zero attached hydrogens (tertiary/aromatic N) is 4. The van der Waals surface area contributed by atoms with Crippen molar-refractivity contribution in [2.24, 2.45) is 10.9 Å². The standard InChI is InChI=1S/C22H29N5O2/c1-4-11-27-16(2)14-19(17(27)3)20(28)15-29-25-21(23)18-9-8-10-24-22(18)26-12-6-5-7-13-26/h4,8-10,14H,1,5-7,11-13,15H2,2-3H3,(H2,23,25). The van der Waals surface area contributed by atoms with Gasteiger partial charge < -0.3 is 20.0 Å². The number of aromatic nitrogens is 2. The van der Waals surface area contributed by atoms with E-state index in [1.165, 1.54) is 6.42 Å². The van der Waals surface area contributed by atoms with Crippen LogP contribution in [0.15, 0.2) is 42.2 Å². The number of ketones is 1. The molecule has 0 aliphatic carbocycles. The Labute approximate surface area is 171 Å². The number of hydrogen-bond donors (Lipinski definition) is 1. The number of rotatable bonds is 8. The van der Waals surface area contributed by atoms with Crippen molar-refractivity contribution < 1.29 is 9.63 Å². The zero-order valence-electron chi connectivity index (χ0n) is 17.2. The second kappa shape index (κ2) is 9.41. The minimum Gasteiger partial charge on any atom is -0.386 e. The summed E-state index contributed by atoms with van der Waals surface area (Å²) in [6.07, 6.45) is 7.08. The summed E-state index contributed by atoms with van der Waals surface area (Å²) >= 11 is 0. The van der Waals surface area contributed by atoms with E-state index in [-0.39, 0.29) is 18.2 Å². The fraction of sp³-hybridized carbons (Fsp3) is 0.409. The van der Waals surface area contributed by atoms with E-state index < -0.39 is 0 Å². The van der Waals surface area contributed by atoms with Gasteiger partial charge in [-0.1, -0.05) is 11.2 Å². The van der Waals surface area contributed by atoms with Crippen molar-refractivity contribution in [1.82, 2.24) is 9.55 Å². The Bertz CT molecular complexity index is 910. The Hall–Kier alpha value is -3.09. The normalized spacial score (nSPS) is 14.7. The largest absolute Gasteiger partial charge is 0.386 e. The predicted octanol–water partition coefficient (Wildman–Crippen LogP) is 3.20. The third-order valence-corrected chi connectivity index (χ3v) is 5.26. The first-order valence-corrected chi connectivity index (χ1v) is 9.99. The molecule has 2 N–H and O–H groups in total. The highest BCUT2D eigenvalue weighted by molar-refractivity contribution is 6.02. The number of oxime groups is 1. The number of carbonyl (C=O) groups excluding carboxylic acids is 1. The summed E-state index contributed by atoms with van der Waals surface area (Å²) in [7, 11) is 0. The number of carbonyl (C=O) groups is 1. The lowest BCUT2D eigenvalue weighted by Gasteiger charge is -2.29. The smallest absolute Gasteiger partial charge is 0.204 e. The molecule has 2 aromatic rings. The molecule has 1 fully saturated rings. The van der Waals surface area contributed by atoms with E-state index in [1.54, 1.807) is 6.20 Å².